The molecule has 2 nitrogen and oxygen atoms in total. The Morgan fingerprint density at radius 2 is 2.20 bits per heavy atom. The van der Waals surface area contributed by atoms with Crippen LogP contribution in [0, 0.1) is 5.92 Å². The number of rotatable bonds is 0. The van der Waals surface area contributed by atoms with Crippen molar-refractivity contribution in [3.05, 3.63) is 0 Å². The molecule has 2 fully saturated rings. The molecule has 2 N–H and O–H groups in total. The molecule has 1 saturated carbocycles. The molecule has 1 aliphatic heterocycles. The van der Waals surface area contributed by atoms with Gasteiger partial charge in [-0.1, -0.05) is 0 Å². The lowest BCUT2D eigenvalue weighted by atomic mass is 10.0. The molecule has 4 atom stereocenters. The van der Waals surface area contributed by atoms with Crippen LogP contribution in [-0.4, -0.2) is 23.3 Å². The van der Waals surface area contributed by atoms with E-state index in [1.807, 2.05) is 0 Å². The molecule has 1 aliphatic carbocycles. The van der Waals surface area contributed by atoms with Crippen molar-refractivity contribution < 1.29 is 5.11 Å². The molecular weight excluding hydrogens is 126 g/mol. The van der Waals surface area contributed by atoms with E-state index < -0.39 is 0 Å². The predicted molar refractivity (Wildman–Crippen MR) is 39.7 cm³/mol. The Balaban J connectivity index is 2.05. The SMILES string of the molecule is C[C@@H]1C[C@@H]2CC[C@H](O)[C@@H]2N1. The second kappa shape index (κ2) is 2.21. The number of fused-ring (bicyclic) bond motifs is 1. The van der Waals surface area contributed by atoms with E-state index in [2.05, 4.69) is 12.2 Å². The molecule has 2 rings (SSSR count). The van der Waals surface area contributed by atoms with Crippen LogP contribution in [0.1, 0.15) is 26.2 Å². The highest BCUT2D eigenvalue weighted by atomic mass is 16.3. The summed E-state index contributed by atoms with van der Waals surface area (Å²) in [6, 6.07) is 1.06. The first-order valence-corrected chi connectivity index (χ1v) is 4.21. The maximum absolute atomic E-state index is 9.45. The third kappa shape index (κ3) is 0.867. The first kappa shape index (κ1) is 6.62. The Hall–Kier alpha value is -0.0800. The quantitative estimate of drug-likeness (QED) is 0.515. The van der Waals surface area contributed by atoms with Crippen molar-refractivity contribution in [2.75, 3.05) is 0 Å². The van der Waals surface area contributed by atoms with Crippen LogP contribution in [0.2, 0.25) is 0 Å². The molecule has 0 bridgehead atoms. The molecule has 10 heavy (non-hydrogen) atoms. The zero-order valence-electron chi connectivity index (χ0n) is 6.38. The Labute approximate surface area is 61.6 Å². The van der Waals surface area contributed by atoms with Crippen molar-refractivity contribution >= 4 is 0 Å². The lowest BCUT2D eigenvalue weighted by molar-refractivity contribution is 0.149. The molecule has 0 aromatic rings. The van der Waals surface area contributed by atoms with Gasteiger partial charge in [-0.15, -0.1) is 0 Å². The van der Waals surface area contributed by atoms with Crippen LogP contribution in [0.4, 0.5) is 0 Å². The Morgan fingerprint density at radius 1 is 1.40 bits per heavy atom. The molecule has 0 aromatic heterocycles. The van der Waals surface area contributed by atoms with Gasteiger partial charge in [-0.05, 0) is 32.1 Å². The Morgan fingerprint density at radius 3 is 2.90 bits per heavy atom. The highest BCUT2D eigenvalue weighted by Crippen LogP contribution is 2.34. The molecule has 2 aliphatic rings. The summed E-state index contributed by atoms with van der Waals surface area (Å²) in [5.41, 5.74) is 0. The number of hydrogen-bond acceptors (Lipinski definition) is 2. The van der Waals surface area contributed by atoms with Crippen molar-refractivity contribution in [3.63, 3.8) is 0 Å². The summed E-state index contributed by atoms with van der Waals surface area (Å²) >= 11 is 0. The highest BCUT2D eigenvalue weighted by Gasteiger charge is 2.40. The van der Waals surface area contributed by atoms with Crippen LogP contribution >= 0.6 is 0 Å². The fourth-order valence-corrected chi connectivity index (χ4v) is 2.42. The average Bonchev–Trinajstić information content (AvgIpc) is 2.35. The summed E-state index contributed by atoms with van der Waals surface area (Å²) in [7, 11) is 0. The van der Waals surface area contributed by atoms with Crippen LogP contribution in [0.25, 0.3) is 0 Å². The van der Waals surface area contributed by atoms with Gasteiger partial charge in [0.15, 0.2) is 0 Å². The van der Waals surface area contributed by atoms with E-state index >= 15 is 0 Å². The number of hydrogen-bond donors (Lipinski definition) is 2. The van der Waals surface area contributed by atoms with E-state index in [1.165, 1.54) is 12.8 Å². The van der Waals surface area contributed by atoms with E-state index in [9.17, 15) is 5.11 Å². The van der Waals surface area contributed by atoms with Gasteiger partial charge >= 0.3 is 0 Å². The first-order valence-electron chi connectivity index (χ1n) is 4.21. The van der Waals surface area contributed by atoms with Crippen molar-refractivity contribution in [1.82, 2.24) is 5.32 Å². The standard InChI is InChI=1S/C8H15NO/c1-5-4-6-2-3-7(10)8(6)9-5/h5-10H,2-4H2,1H3/t5-,6+,7+,8-/m1/s1. The molecule has 0 amide bonds. The van der Waals surface area contributed by atoms with E-state index in [1.54, 1.807) is 0 Å². The fraction of sp³-hybridized carbons (Fsp3) is 1.00. The summed E-state index contributed by atoms with van der Waals surface area (Å²) in [4.78, 5) is 0. The summed E-state index contributed by atoms with van der Waals surface area (Å²) in [5, 5.41) is 12.9. The van der Waals surface area contributed by atoms with Gasteiger partial charge in [-0.2, -0.15) is 0 Å². The van der Waals surface area contributed by atoms with Crippen LogP contribution in [0.15, 0.2) is 0 Å². The minimum absolute atomic E-state index is 0.0602. The highest BCUT2D eigenvalue weighted by molar-refractivity contribution is 4.97. The Kier molecular flexibility index (Phi) is 1.46. The summed E-state index contributed by atoms with van der Waals surface area (Å²) in [5.74, 6) is 0.769. The second-order valence-electron chi connectivity index (χ2n) is 3.73. The molecule has 58 valence electrons. The topological polar surface area (TPSA) is 32.3 Å². The average molecular weight is 141 g/mol. The van der Waals surface area contributed by atoms with Gasteiger partial charge in [0.05, 0.1) is 6.10 Å². The van der Waals surface area contributed by atoms with Crippen LogP contribution in [0.5, 0.6) is 0 Å². The molecule has 0 radical (unpaired) electrons. The molecule has 0 aromatic carbocycles. The van der Waals surface area contributed by atoms with Crippen molar-refractivity contribution in [3.8, 4) is 0 Å². The van der Waals surface area contributed by atoms with Crippen molar-refractivity contribution in [1.29, 1.82) is 0 Å². The number of nitrogens with one attached hydrogen (secondary N) is 1. The van der Waals surface area contributed by atoms with Gasteiger partial charge in [0.2, 0.25) is 0 Å². The number of aliphatic hydroxyl groups excluding tert-OH is 1. The minimum atomic E-state index is -0.0602. The van der Waals surface area contributed by atoms with Crippen molar-refractivity contribution in [2.24, 2.45) is 5.92 Å². The van der Waals surface area contributed by atoms with E-state index in [0.29, 0.717) is 12.1 Å². The summed E-state index contributed by atoms with van der Waals surface area (Å²) in [6.07, 6.45) is 3.44. The molecule has 1 heterocycles. The fourth-order valence-electron chi connectivity index (χ4n) is 2.42. The van der Waals surface area contributed by atoms with Gasteiger partial charge < -0.3 is 10.4 Å². The lowest BCUT2D eigenvalue weighted by Gasteiger charge is -2.13. The van der Waals surface area contributed by atoms with Crippen LogP contribution in [-0.2, 0) is 0 Å². The van der Waals surface area contributed by atoms with Gasteiger partial charge in [-0.3, -0.25) is 0 Å². The largest absolute Gasteiger partial charge is 0.391 e. The van der Waals surface area contributed by atoms with E-state index in [0.717, 1.165) is 12.3 Å². The van der Waals surface area contributed by atoms with Gasteiger partial charge in [0, 0.05) is 12.1 Å². The maximum atomic E-state index is 9.45. The van der Waals surface area contributed by atoms with Crippen molar-refractivity contribution in [2.45, 2.75) is 44.4 Å². The maximum Gasteiger partial charge on any atom is 0.0696 e. The minimum Gasteiger partial charge on any atom is -0.391 e. The third-order valence-corrected chi connectivity index (χ3v) is 2.89. The van der Waals surface area contributed by atoms with Crippen LogP contribution in [0.3, 0.4) is 0 Å². The molecule has 0 spiro atoms. The smallest absolute Gasteiger partial charge is 0.0696 e. The predicted octanol–water partition coefficient (Wildman–Crippen LogP) is 0.508. The summed E-state index contributed by atoms with van der Waals surface area (Å²) < 4.78 is 0. The van der Waals surface area contributed by atoms with E-state index in [4.69, 9.17) is 0 Å². The molecule has 2 heteroatoms. The zero-order valence-corrected chi connectivity index (χ0v) is 6.38. The van der Waals surface area contributed by atoms with Crippen LogP contribution < -0.4 is 5.32 Å². The Bertz CT molecular complexity index is 137. The van der Waals surface area contributed by atoms with Gasteiger partial charge in [0.1, 0.15) is 0 Å². The van der Waals surface area contributed by atoms with Gasteiger partial charge in [0.25, 0.3) is 0 Å². The van der Waals surface area contributed by atoms with E-state index in [-0.39, 0.29) is 6.10 Å². The third-order valence-electron chi connectivity index (χ3n) is 2.89. The molecule has 0 unspecified atom stereocenters. The zero-order chi connectivity index (χ0) is 7.14. The monoisotopic (exact) mass is 141 g/mol. The second-order valence-corrected chi connectivity index (χ2v) is 3.73. The lowest BCUT2D eigenvalue weighted by Crippen LogP contribution is -2.36. The number of aliphatic hydroxyl groups is 1. The normalized spacial score (nSPS) is 53.4. The molecular formula is C8H15NO. The molecule has 1 saturated heterocycles. The first-order chi connectivity index (χ1) is 4.77. The van der Waals surface area contributed by atoms with Gasteiger partial charge in [-0.25, -0.2) is 0 Å². The summed E-state index contributed by atoms with van der Waals surface area (Å²) in [6.45, 7) is 2.20.